The van der Waals surface area contributed by atoms with E-state index in [4.69, 9.17) is 16.3 Å². The Morgan fingerprint density at radius 1 is 0.917 bits per heavy atom. The van der Waals surface area contributed by atoms with Gasteiger partial charge in [0.05, 0.1) is 28.3 Å². The van der Waals surface area contributed by atoms with Gasteiger partial charge in [-0.3, -0.25) is 19.3 Å². The second kappa shape index (κ2) is 10.5. The molecule has 0 atom stereocenters. The fourth-order valence-corrected chi connectivity index (χ4v) is 5.48. The molecule has 0 aliphatic carbocycles. The van der Waals surface area contributed by atoms with Crippen molar-refractivity contribution in [3.8, 4) is 5.75 Å². The standard InChI is InChI=1S/C26H23ClN2O6S/c1-2-35-20-13-11-19(12-14-20)29(36(33,34)21-15-9-18(27)10-16-21)24(30)8-5-17-28-25(31)22-6-3-4-7-23(22)26(28)32/h3-4,6-7,9-16H,2,5,8,17H2,1H3. The first kappa shape index (κ1) is 25.4. The smallest absolute Gasteiger partial charge is 0.270 e. The molecule has 3 aromatic rings. The molecule has 8 nitrogen and oxygen atoms in total. The molecule has 3 amide bonds. The monoisotopic (exact) mass is 526 g/mol. The first-order valence-electron chi connectivity index (χ1n) is 11.3. The van der Waals surface area contributed by atoms with Crippen LogP contribution in [0.3, 0.4) is 0 Å². The van der Waals surface area contributed by atoms with Crippen molar-refractivity contribution in [2.45, 2.75) is 24.7 Å². The SMILES string of the molecule is CCOc1ccc(N(C(=O)CCCN2C(=O)c3ccccc3C2=O)S(=O)(=O)c2ccc(Cl)cc2)cc1. The Morgan fingerprint density at radius 2 is 1.50 bits per heavy atom. The van der Waals surface area contributed by atoms with Crippen LogP contribution in [-0.4, -0.2) is 44.2 Å². The van der Waals surface area contributed by atoms with Gasteiger partial charge in [-0.05, 0) is 74.0 Å². The van der Waals surface area contributed by atoms with E-state index < -0.39 is 27.7 Å². The molecule has 0 spiro atoms. The molecular formula is C26H23ClN2O6S. The van der Waals surface area contributed by atoms with Crippen molar-refractivity contribution < 1.29 is 27.5 Å². The second-order valence-corrected chi connectivity index (χ2v) is 10.2. The van der Waals surface area contributed by atoms with Crippen molar-refractivity contribution >= 4 is 45.0 Å². The zero-order chi connectivity index (χ0) is 25.9. The van der Waals surface area contributed by atoms with Crippen LogP contribution in [-0.2, 0) is 14.8 Å². The Morgan fingerprint density at radius 3 is 2.06 bits per heavy atom. The number of sulfonamides is 1. The first-order valence-corrected chi connectivity index (χ1v) is 13.1. The number of halogens is 1. The van der Waals surface area contributed by atoms with Gasteiger partial charge in [0.25, 0.3) is 21.8 Å². The number of rotatable bonds is 9. The number of hydrogen-bond donors (Lipinski definition) is 0. The summed E-state index contributed by atoms with van der Waals surface area (Å²) in [4.78, 5) is 39.4. The number of carbonyl (C=O) groups is 3. The van der Waals surface area contributed by atoms with Crippen molar-refractivity contribution in [1.29, 1.82) is 0 Å². The molecule has 0 N–H and O–H groups in total. The van der Waals surface area contributed by atoms with E-state index in [1.165, 1.54) is 36.4 Å². The van der Waals surface area contributed by atoms with Crippen LogP contribution >= 0.6 is 11.6 Å². The molecule has 0 unspecified atom stereocenters. The fraction of sp³-hybridized carbons (Fsp3) is 0.192. The minimum Gasteiger partial charge on any atom is -0.494 e. The molecule has 0 aromatic heterocycles. The van der Waals surface area contributed by atoms with Crippen molar-refractivity contribution in [2.75, 3.05) is 17.5 Å². The van der Waals surface area contributed by atoms with Crippen LogP contribution in [0.5, 0.6) is 5.75 Å². The number of amides is 3. The van der Waals surface area contributed by atoms with Crippen LogP contribution in [0.4, 0.5) is 5.69 Å². The van der Waals surface area contributed by atoms with E-state index in [0.29, 0.717) is 28.5 Å². The maximum absolute atomic E-state index is 13.5. The van der Waals surface area contributed by atoms with Gasteiger partial charge >= 0.3 is 0 Å². The lowest BCUT2D eigenvalue weighted by Gasteiger charge is -2.23. The Bertz CT molecular complexity index is 1370. The number of carbonyl (C=O) groups excluding carboxylic acids is 3. The van der Waals surface area contributed by atoms with Gasteiger partial charge in [-0.1, -0.05) is 23.7 Å². The van der Waals surface area contributed by atoms with Gasteiger partial charge in [-0.25, -0.2) is 12.7 Å². The zero-order valence-corrected chi connectivity index (χ0v) is 21.0. The molecule has 0 fully saturated rings. The summed E-state index contributed by atoms with van der Waals surface area (Å²) in [5.74, 6) is -1.03. The van der Waals surface area contributed by atoms with Crippen LogP contribution < -0.4 is 9.04 Å². The van der Waals surface area contributed by atoms with Crippen LogP contribution in [0.1, 0.15) is 40.5 Å². The molecule has 3 aromatic carbocycles. The maximum atomic E-state index is 13.5. The van der Waals surface area contributed by atoms with Crippen molar-refractivity contribution in [3.63, 3.8) is 0 Å². The van der Waals surface area contributed by atoms with Crippen molar-refractivity contribution in [1.82, 2.24) is 4.90 Å². The number of ether oxygens (including phenoxy) is 1. The average Bonchev–Trinajstić information content (AvgIpc) is 3.10. The number of fused-ring (bicyclic) bond motifs is 1. The number of benzene rings is 3. The quantitative estimate of drug-likeness (QED) is 0.379. The predicted octanol–water partition coefficient (Wildman–Crippen LogP) is 4.54. The molecule has 36 heavy (non-hydrogen) atoms. The van der Waals surface area contributed by atoms with Crippen LogP contribution in [0.2, 0.25) is 5.02 Å². The fourth-order valence-electron chi connectivity index (χ4n) is 3.91. The Balaban J connectivity index is 1.55. The Hall–Kier alpha value is -3.69. The van der Waals surface area contributed by atoms with E-state index in [1.807, 2.05) is 6.92 Å². The summed E-state index contributed by atoms with van der Waals surface area (Å²) in [7, 11) is -4.27. The Labute approximate surface area is 214 Å². The van der Waals surface area contributed by atoms with E-state index >= 15 is 0 Å². The minimum absolute atomic E-state index is 0.0177. The van der Waals surface area contributed by atoms with E-state index in [2.05, 4.69) is 0 Å². The highest BCUT2D eigenvalue weighted by Gasteiger charge is 2.35. The van der Waals surface area contributed by atoms with Crippen LogP contribution in [0.15, 0.2) is 77.7 Å². The third-order valence-corrected chi connectivity index (χ3v) is 7.63. The molecule has 1 aliphatic rings. The lowest BCUT2D eigenvalue weighted by molar-refractivity contribution is -0.117. The van der Waals surface area contributed by atoms with Gasteiger partial charge < -0.3 is 4.74 Å². The highest BCUT2D eigenvalue weighted by molar-refractivity contribution is 7.93. The molecule has 1 heterocycles. The van der Waals surface area contributed by atoms with E-state index in [0.717, 1.165) is 9.21 Å². The topological polar surface area (TPSA) is 101 Å². The molecular weight excluding hydrogens is 504 g/mol. The average molecular weight is 527 g/mol. The van der Waals surface area contributed by atoms with Crippen molar-refractivity contribution in [2.24, 2.45) is 0 Å². The highest BCUT2D eigenvalue weighted by Crippen LogP contribution is 2.28. The molecule has 0 saturated carbocycles. The van der Waals surface area contributed by atoms with Gasteiger partial charge in [0, 0.05) is 18.0 Å². The van der Waals surface area contributed by atoms with E-state index in [1.54, 1.807) is 36.4 Å². The number of imide groups is 1. The third kappa shape index (κ3) is 4.98. The normalized spacial score (nSPS) is 13.0. The maximum Gasteiger partial charge on any atom is 0.270 e. The molecule has 10 heteroatoms. The van der Waals surface area contributed by atoms with Crippen LogP contribution in [0.25, 0.3) is 0 Å². The first-order chi connectivity index (χ1) is 17.2. The largest absolute Gasteiger partial charge is 0.494 e. The van der Waals surface area contributed by atoms with Gasteiger partial charge in [0.15, 0.2) is 0 Å². The van der Waals surface area contributed by atoms with E-state index in [9.17, 15) is 22.8 Å². The molecule has 186 valence electrons. The number of anilines is 1. The Kier molecular flexibility index (Phi) is 7.42. The van der Waals surface area contributed by atoms with Gasteiger partial charge in [-0.2, -0.15) is 0 Å². The minimum atomic E-state index is -4.27. The second-order valence-electron chi connectivity index (χ2n) is 7.96. The zero-order valence-electron chi connectivity index (χ0n) is 19.4. The summed E-state index contributed by atoms with van der Waals surface area (Å²) in [5, 5.41) is 0.355. The van der Waals surface area contributed by atoms with Gasteiger partial charge in [0.1, 0.15) is 5.75 Å². The molecule has 0 saturated heterocycles. The lowest BCUT2D eigenvalue weighted by Crippen LogP contribution is -2.38. The van der Waals surface area contributed by atoms with Gasteiger partial charge in [0.2, 0.25) is 5.91 Å². The summed E-state index contributed by atoms with van der Waals surface area (Å²) < 4.78 is 33.1. The van der Waals surface area contributed by atoms with E-state index in [-0.39, 0.29) is 30.0 Å². The summed E-state index contributed by atoms with van der Waals surface area (Å²) in [5.41, 5.74) is 0.768. The predicted molar refractivity (Wildman–Crippen MR) is 135 cm³/mol. The van der Waals surface area contributed by atoms with Gasteiger partial charge in [-0.15, -0.1) is 0 Å². The number of nitrogens with zero attached hydrogens (tertiary/aromatic N) is 2. The molecule has 0 radical (unpaired) electrons. The third-order valence-electron chi connectivity index (χ3n) is 5.61. The lowest BCUT2D eigenvalue weighted by atomic mass is 10.1. The van der Waals surface area contributed by atoms with Crippen LogP contribution in [0, 0.1) is 0 Å². The molecule has 0 bridgehead atoms. The summed E-state index contributed by atoms with van der Waals surface area (Å²) in [6, 6.07) is 18.1. The highest BCUT2D eigenvalue weighted by atomic mass is 35.5. The molecule has 4 rings (SSSR count). The summed E-state index contributed by atoms with van der Waals surface area (Å²) >= 11 is 5.91. The van der Waals surface area contributed by atoms with Crippen molar-refractivity contribution in [3.05, 3.63) is 88.9 Å². The summed E-state index contributed by atoms with van der Waals surface area (Å²) in [6.45, 7) is 2.24. The number of hydrogen-bond acceptors (Lipinski definition) is 6. The summed E-state index contributed by atoms with van der Waals surface area (Å²) in [6.07, 6.45) is -0.124. The molecule has 1 aliphatic heterocycles.